The number of halogens is 3. The van der Waals surface area contributed by atoms with Gasteiger partial charge in [0.05, 0.1) is 25.3 Å². The van der Waals surface area contributed by atoms with E-state index in [0.29, 0.717) is 11.8 Å². The van der Waals surface area contributed by atoms with E-state index in [1.807, 2.05) is 11.4 Å². The summed E-state index contributed by atoms with van der Waals surface area (Å²) in [6, 6.07) is 10.5. The molecule has 0 atom stereocenters. The van der Waals surface area contributed by atoms with Crippen LogP contribution < -0.4 is 15.4 Å². The van der Waals surface area contributed by atoms with Crippen molar-refractivity contribution in [3.63, 3.8) is 0 Å². The van der Waals surface area contributed by atoms with Crippen molar-refractivity contribution in [2.75, 3.05) is 18.5 Å². The summed E-state index contributed by atoms with van der Waals surface area (Å²) in [7, 11) is 0. The van der Waals surface area contributed by atoms with Crippen LogP contribution in [-0.2, 0) is 9.59 Å². The average molecular weight is 352 g/mol. The first kappa shape index (κ1) is 18.3. The lowest BCUT2D eigenvalue weighted by molar-refractivity contribution is -0.124. The molecule has 0 aliphatic heterocycles. The summed E-state index contributed by atoms with van der Waals surface area (Å²) in [5.74, 6) is -5.15. The van der Waals surface area contributed by atoms with Crippen LogP contribution in [0.15, 0.2) is 42.5 Å². The van der Waals surface area contributed by atoms with E-state index in [1.165, 1.54) is 0 Å². The molecular formula is C17H15F3N2O3. The number of rotatable bonds is 7. The molecule has 0 bridgehead atoms. The first-order valence-electron chi connectivity index (χ1n) is 7.35. The first-order valence-corrected chi connectivity index (χ1v) is 7.35. The number of para-hydroxylation sites is 1. The van der Waals surface area contributed by atoms with Gasteiger partial charge in [-0.15, -0.1) is 0 Å². The number of ether oxygens (including phenoxy) is 1. The second-order valence-electron chi connectivity index (χ2n) is 4.96. The van der Waals surface area contributed by atoms with Crippen LogP contribution in [-0.4, -0.2) is 25.0 Å². The summed E-state index contributed by atoms with van der Waals surface area (Å²) in [5, 5.41) is 4.36. The van der Waals surface area contributed by atoms with Gasteiger partial charge in [0.1, 0.15) is 5.75 Å². The number of anilines is 1. The Morgan fingerprint density at radius 2 is 1.64 bits per heavy atom. The molecule has 0 saturated carbocycles. The van der Waals surface area contributed by atoms with Gasteiger partial charge < -0.3 is 15.4 Å². The van der Waals surface area contributed by atoms with Crippen molar-refractivity contribution >= 4 is 17.5 Å². The summed E-state index contributed by atoms with van der Waals surface area (Å²) in [6.45, 7) is -0.322. The molecule has 2 amide bonds. The highest BCUT2D eigenvalue weighted by molar-refractivity contribution is 5.94. The van der Waals surface area contributed by atoms with Crippen LogP contribution in [0.3, 0.4) is 0 Å². The molecule has 2 aromatic carbocycles. The molecule has 8 heteroatoms. The van der Waals surface area contributed by atoms with Gasteiger partial charge in [0.25, 0.3) is 0 Å². The third-order valence-electron chi connectivity index (χ3n) is 3.10. The zero-order valence-corrected chi connectivity index (χ0v) is 13.0. The van der Waals surface area contributed by atoms with Crippen molar-refractivity contribution in [1.29, 1.82) is 0 Å². The summed E-state index contributed by atoms with van der Waals surface area (Å²) in [6.07, 6.45) is 0.0156. The van der Waals surface area contributed by atoms with E-state index in [2.05, 4.69) is 5.32 Å². The van der Waals surface area contributed by atoms with E-state index in [-0.39, 0.29) is 13.0 Å². The Hall–Kier alpha value is -3.03. The highest BCUT2D eigenvalue weighted by Gasteiger charge is 2.15. The largest absolute Gasteiger partial charge is 0.493 e. The first-order chi connectivity index (χ1) is 12.0. The molecular weight excluding hydrogens is 337 g/mol. The number of benzene rings is 2. The van der Waals surface area contributed by atoms with Gasteiger partial charge >= 0.3 is 0 Å². The Morgan fingerprint density at radius 1 is 0.920 bits per heavy atom. The van der Waals surface area contributed by atoms with Crippen molar-refractivity contribution in [1.82, 2.24) is 5.32 Å². The molecule has 25 heavy (non-hydrogen) atoms. The third kappa shape index (κ3) is 5.52. The van der Waals surface area contributed by atoms with E-state index in [0.717, 1.165) is 6.07 Å². The minimum atomic E-state index is -1.68. The summed E-state index contributed by atoms with van der Waals surface area (Å²) >= 11 is 0. The second kappa shape index (κ2) is 8.72. The zero-order chi connectivity index (χ0) is 18.2. The predicted molar refractivity (Wildman–Crippen MR) is 84.5 cm³/mol. The topological polar surface area (TPSA) is 67.4 Å². The highest BCUT2D eigenvalue weighted by atomic mass is 19.2. The van der Waals surface area contributed by atoms with E-state index in [9.17, 15) is 22.8 Å². The van der Waals surface area contributed by atoms with Crippen LogP contribution in [0.5, 0.6) is 5.75 Å². The smallest absolute Gasteiger partial charge is 0.243 e. The van der Waals surface area contributed by atoms with E-state index in [4.69, 9.17) is 4.74 Å². The molecule has 2 N–H and O–H groups in total. The lowest BCUT2D eigenvalue weighted by Crippen LogP contribution is -2.33. The van der Waals surface area contributed by atoms with E-state index < -0.39 is 41.5 Å². The molecule has 0 fully saturated rings. The van der Waals surface area contributed by atoms with Gasteiger partial charge in [0.15, 0.2) is 17.5 Å². The summed E-state index contributed by atoms with van der Waals surface area (Å²) < 4.78 is 44.6. The Bertz CT molecular complexity index is 754. The minimum Gasteiger partial charge on any atom is -0.493 e. The standard InChI is InChI=1S/C17H15F3N2O3/c18-12-6-7-13(17(20)16(12)19)22-15(24)10-21-14(23)8-9-25-11-4-2-1-3-5-11/h1-7H,8-10H2,(H,21,23)(H,22,24). The average Bonchev–Trinajstić information content (AvgIpc) is 2.61. The molecule has 0 unspecified atom stereocenters. The van der Waals surface area contributed by atoms with Crippen LogP contribution >= 0.6 is 0 Å². The Morgan fingerprint density at radius 3 is 2.36 bits per heavy atom. The van der Waals surface area contributed by atoms with Crippen LogP contribution in [0, 0.1) is 17.5 Å². The van der Waals surface area contributed by atoms with Gasteiger partial charge in [-0.05, 0) is 24.3 Å². The van der Waals surface area contributed by atoms with Gasteiger partial charge in [-0.3, -0.25) is 9.59 Å². The number of hydrogen-bond donors (Lipinski definition) is 2. The van der Waals surface area contributed by atoms with Crippen LogP contribution in [0.1, 0.15) is 6.42 Å². The van der Waals surface area contributed by atoms with Crippen LogP contribution in [0.2, 0.25) is 0 Å². The van der Waals surface area contributed by atoms with Gasteiger partial charge in [-0.25, -0.2) is 13.2 Å². The van der Waals surface area contributed by atoms with Crippen LogP contribution in [0.25, 0.3) is 0 Å². The molecule has 2 rings (SSSR count). The molecule has 0 spiro atoms. The number of nitrogens with one attached hydrogen (secondary N) is 2. The SMILES string of the molecule is O=C(CCOc1ccccc1)NCC(=O)Nc1ccc(F)c(F)c1F. The molecule has 132 valence electrons. The van der Waals surface area contributed by atoms with Crippen LogP contribution in [0.4, 0.5) is 18.9 Å². The third-order valence-corrected chi connectivity index (χ3v) is 3.10. The Kier molecular flexibility index (Phi) is 6.39. The number of carbonyl (C=O) groups excluding carboxylic acids is 2. The van der Waals surface area contributed by atoms with E-state index in [1.54, 1.807) is 24.3 Å². The van der Waals surface area contributed by atoms with Gasteiger partial charge in [0.2, 0.25) is 11.8 Å². The lowest BCUT2D eigenvalue weighted by Gasteiger charge is -2.09. The molecule has 0 saturated heterocycles. The summed E-state index contributed by atoms with van der Waals surface area (Å²) in [4.78, 5) is 23.2. The normalized spacial score (nSPS) is 10.2. The predicted octanol–water partition coefficient (Wildman–Crippen LogP) is 2.63. The maximum Gasteiger partial charge on any atom is 0.243 e. The molecule has 0 aliphatic carbocycles. The van der Waals surface area contributed by atoms with Gasteiger partial charge in [-0.2, -0.15) is 0 Å². The quantitative estimate of drug-likeness (QED) is 0.753. The molecule has 0 aliphatic rings. The Labute approximate surface area is 141 Å². The minimum absolute atomic E-state index is 0.0156. The zero-order valence-electron chi connectivity index (χ0n) is 13.0. The molecule has 2 aromatic rings. The number of hydrogen-bond acceptors (Lipinski definition) is 3. The molecule has 0 heterocycles. The number of carbonyl (C=O) groups is 2. The number of amides is 2. The molecule has 5 nitrogen and oxygen atoms in total. The van der Waals surface area contributed by atoms with Gasteiger partial charge in [-0.1, -0.05) is 18.2 Å². The lowest BCUT2D eigenvalue weighted by atomic mass is 10.2. The Balaban J connectivity index is 1.72. The van der Waals surface area contributed by atoms with E-state index >= 15 is 0 Å². The van der Waals surface area contributed by atoms with Gasteiger partial charge in [0, 0.05) is 0 Å². The van der Waals surface area contributed by atoms with Crippen molar-refractivity contribution < 1.29 is 27.5 Å². The fourth-order valence-corrected chi connectivity index (χ4v) is 1.86. The maximum absolute atomic E-state index is 13.4. The second-order valence-corrected chi connectivity index (χ2v) is 4.96. The van der Waals surface area contributed by atoms with Crippen molar-refractivity contribution in [2.24, 2.45) is 0 Å². The molecule has 0 aromatic heterocycles. The van der Waals surface area contributed by atoms with Crippen molar-refractivity contribution in [3.05, 3.63) is 59.9 Å². The fraction of sp³-hybridized carbons (Fsp3) is 0.176. The van der Waals surface area contributed by atoms with Crippen molar-refractivity contribution in [3.8, 4) is 5.75 Å². The summed E-state index contributed by atoms with van der Waals surface area (Å²) in [5.41, 5.74) is -0.509. The van der Waals surface area contributed by atoms with Crippen molar-refractivity contribution in [2.45, 2.75) is 6.42 Å². The monoisotopic (exact) mass is 352 g/mol. The highest BCUT2D eigenvalue weighted by Crippen LogP contribution is 2.19. The maximum atomic E-state index is 13.4. The fourth-order valence-electron chi connectivity index (χ4n) is 1.86. The molecule has 0 radical (unpaired) electrons.